The third-order valence-corrected chi connectivity index (χ3v) is 12.8. The zero-order chi connectivity index (χ0) is 23.3. The largest absolute Gasteiger partial charge is 0.393 e. The van der Waals surface area contributed by atoms with Crippen molar-refractivity contribution in [3.8, 4) is 0 Å². The Balaban J connectivity index is 1.51. The van der Waals surface area contributed by atoms with Gasteiger partial charge in [-0.1, -0.05) is 60.1 Å². The van der Waals surface area contributed by atoms with E-state index < -0.39 is 0 Å². The average Bonchev–Trinajstić information content (AvgIpc) is 2.86. The van der Waals surface area contributed by atoms with Gasteiger partial charge in [-0.3, -0.25) is 0 Å². The van der Waals surface area contributed by atoms with Crippen LogP contribution >= 0.6 is 0 Å². The molecule has 0 aromatic carbocycles. The fraction of sp³-hybridized carbons (Fsp3) is 0.933. The van der Waals surface area contributed by atoms with E-state index in [1.165, 1.54) is 51.4 Å². The second-order valence-electron chi connectivity index (χ2n) is 14.9. The summed E-state index contributed by atoms with van der Waals surface area (Å²) in [4.78, 5) is 0. The van der Waals surface area contributed by atoms with Crippen molar-refractivity contribution in [2.24, 2.45) is 50.7 Å². The number of aliphatic hydroxyl groups is 2. The molecule has 0 amide bonds. The molecule has 0 heterocycles. The Morgan fingerprint density at radius 2 is 1.19 bits per heavy atom. The van der Waals surface area contributed by atoms with E-state index >= 15 is 0 Å². The van der Waals surface area contributed by atoms with Gasteiger partial charge in [-0.05, 0) is 115 Å². The molecule has 0 aromatic heterocycles. The van der Waals surface area contributed by atoms with Gasteiger partial charge in [0, 0.05) is 0 Å². The van der Waals surface area contributed by atoms with Crippen molar-refractivity contribution >= 4 is 0 Å². The van der Waals surface area contributed by atoms with Crippen LogP contribution in [0.3, 0.4) is 0 Å². The van der Waals surface area contributed by atoms with Crippen molar-refractivity contribution < 1.29 is 10.2 Å². The Kier molecular flexibility index (Phi) is 5.19. The van der Waals surface area contributed by atoms with Crippen LogP contribution in [0.25, 0.3) is 0 Å². The Morgan fingerprint density at radius 1 is 0.625 bits per heavy atom. The van der Waals surface area contributed by atoms with Gasteiger partial charge in [0.15, 0.2) is 0 Å². The molecule has 0 bridgehead atoms. The lowest BCUT2D eigenvalue weighted by atomic mass is 9.42. The molecule has 2 heteroatoms. The molecule has 4 fully saturated rings. The number of rotatable bonds is 0. The first kappa shape index (κ1) is 23.4. The van der Waals surface area contributed by atoms with Crippen LogP contribution in [0.2, 0.25) is 0 Å². The topological polar surface area (TPSA) is 40.5 Å². The van der Waals surface area contributed by atoms with Gasteiger partial charge in [-0.25, -0.2) is 0 Å². The molecule has 5 aliphatic carbocycles. The molecule has 0 aromatic rings. The molecule has 4 saturated carbocycles. The molecule has 9 atom stereocenters. The number of fused-ring (bicyclic) bond motifs is 6. The minimum absolute atomic E-state index is 0.0289. The zero-order valence-electron chi connectivity index (χ0n) is 22.0. The fourth-order valence-corrected chi connectivity index (χ4v) is 11.0. The van der Waals surface area contributed by atoms with Gasteiger partial charge in [0.25, 0.3) is 0 Å². The van der Waals surface area contributed by atoms with Crippen molar-refractivity contribution in [1.82, 2.24) is 0 Å². The minimum Gasteiger partial charge on any atom is -0.393 e. The molecular weight excluding hydrogens is 392 g/mol. The third-order valence-electron chi connectivity index (χ3n) is 12.8. The number of allylic oxidation sites excluding steroid dienone is 2. The summed E-state index contributed by atoms with van der Waals surface area (Å²) in [6.45, 7) is 17.2. The Hall–Kier alpha value is -0.340. The van der Waals surface area contributed by atoms with Crippen LogP contribution in [-0.4, -0.2) is 22.4 Å². The molecule has 5 aliphatic rings. The molecule has 182 valence electrons. The van der Waals surface area contributed by atoms with E-state index in [0.717, 1.165) is 18.8 Å². The van der Waals surface area contributed by atoms with Crippen LogP contribution < -0.4 is 0 Å². The second-order valence-corrected chi connectivity index (χ2v) is 14.9. The summed E-state index contributed by atoms with van der Waals surface area (Å²) < 4.78 is 0. The van der Waals surface area contributed by atoms with Crippen LogP contribution in [0.5, 0.6) is 0 Å². The Morgan fingerprint density at radius 3 is 1.81 bits per heavy atom. The van der Waals surface area contributed by atoms with Gasteiger partial charge in [-0.2, -0.15) is 0 Å². The highest BCUT2D eigenvalue weighted by Crippen LogP contribution is 2.69. The lowest BCUT2D eigenvalue weighted by Crippen LogP contribution is -2.58. The molecule has 0 aliphatic heterocycles. The van der Waals surface area contributed by atoms with Gasteiger partial charge in [0.1, 0.15) is 0 Å². The molecule has 0 radical (unpaired) electrons. The predicted octanol–water partition coefficient (Wildman–Crippen LogP) is 7.14. The lowest BCUT2D eigenvalue weighted by molar-refractivity contribution is -0.163. The Bertz CT molecular complexity index is 795. The molecule has 0 saturated heterocycles. The second kappa shape index (κ2) is 7.09. The van der Waals surface area contributed by atoms with Crippen molar-refractivity contribution in [1.29, 1.82) is 0 Å². The van der Waals surface area contributed by atoms with Gasteiger partial charge >= 0.3 is 0 Å². The fourth-order valence-electron chi connectivity index (χ4n) is 11.0. The third kappa shape index (κ3) is 2.96. The smallest absolute Gasteiger partial charge is 0.0594 e. The van der Waals surface area contributed by atoms with Gasteiger partial charge in [0.05, 0.1) is 12.2 Å². The first-order chi connectivity index (χ1) is 14.8. The van der Waals surface area contributed by atoms with Crippen molar-refractivity contribution in [3.05, 3.63) is 11.6 Å². The maximum atomic E-state index is 10.9. The van der Waals surface area contributed by atoms with Crippen LogP contribution in [0, 0.1) is 50.7 Å². The molecule has 0 unspecified atom stereocenters. The molecule has 5 rings (SSSR count). The zero-order valence-corrected chi connectivity index (χ0v) is 22.0. The SMILES string of the molecule is CC1(C)[C@@H](O)CC[C@]2(C)[C@H]3CC[C@H]4C(=C[C@]3(C)CC[C@@H]12)CC[C@H]1C(C)(C)[C@@H](O)CC[C@]41C. The highest BCUT2D eigenvalue weighted by Gasteiger charge is 2.62. The van der Waals surface area contributed by atoms with E-state index in [9.17, 15) is 10.2 Å². The van der Waals surface area contributed by atoms with Crippen molar-refractivity contribution in [3.63, 3.8) is 0 Å². The maximum absolute atomic E-state index is 10.9. The predicted molar refractivity (Wildman–Crippen MR) is 132 cm³/mol. The van der Waals surface area contributed by atoms with E-state index in [4.69, 9.17) is 0 Å². The summed E-state index contributed by atoms with van der Waals surface area (Å²) in [5.41, 5.74) is 2.81. The molecule has 2 N–H and O–H groups in total. The van der Waals surface area contributed by atoms with Crippen LogP contribution in [0.1, 0.15) is 113 Å². The normalized spacial score (nSPS) is 54.2. The van der Waals surface area contributed by atoms with E-state index in [2.05, 4.69) is 54.5 Å². The molecular formula is C30H50O2. The van der Waals surface area contributed by atoms with Crippen molar-refractivity contribution in [2.45, 2.75) is 125 Å². The summed E-state index contributed by atoms with van der Waals surface area (Å²) in [6.07, 6.45) is 14.6. The summed E-state index contributed by atoms with van der Waals surface area (Å²) in [5.74, 6) is 2.67. The molecule has 2 nitrogen and oxygen atoms in total. The quantitative estimate of drug-likeness (QED) is 0.391. The number of hydrogen-bond donors (Lipinski definition) is 2. The van der Waals surface area contributed by atoms with E-state index in [1.807, 2.05) is 0 Å². The van der Waals surface area contributed by atoms with E-state index in [-0.39, 0.29) is 23.0 Å². The van der Waals surface area contributed by atoms with Crippen LogP contribution in [-0.2, 0) is 0 Å². The van der Waals surface area contributed by atoms with E-state index in [0.29, 0.717) is 34.0 Å². The minimum atomic E-state index is -0.146. The summed E-state index contributed by atoms with van der Waals surface area (Å²) >= 11 is 0. The average molecular weight is 443 g/mol. The van der Waals surface area contributed by atoms with Crippen LogP contribution in [0.15, 0.2) is 11.6 Å². The van der Waals surface area contributed by atoms with E-state index in [1.54, 1.807) is 5.57 Å². The lowest BCUT2D eigenvalue weighted by Gasteiger charge is -2.63. The highest BCUT2D eigenvalue weighted by molar-refractivity contribution is 5.26. The van der Waals surface area contributed by atoms with Gasteiger partial charge in [-0.15, -0.1) is 0 Å². The summed E-state index contributed by atoms with van der Waals surface area (Å²) in [5, 5.41) is 21.7. The number of aliphatic hydroxyl groups excluding tert-OH is 2. The summed E-state index contributed by atoms with van der Waals surface area (Å²) in [6, 6.07) is 0. The molecule has 32 heavy (non-hydrogen) atoms. The van der Waals surface area contributed by atoms with Gasteiger partial charge in [0.2, 0.25) is 0 Å². The van der Waals surface area contributed by atoms with Crippen LogP contribution in [0.4, 0.5) is 0 Å². The highest BCUT2D eigenvalue weighted by atomic mass is 16.3. The molecule has 0 spiro atoms. The standard InChI is InChI=1S/C30H50O2/c1-26(2)21-10-8-19-18-28(5)15-12-22-27(3,4)25(32)14-17-30(22,7)23(28)11-9-20(19)29(21,6)16-13-24(26)31/h18,20-25,31-32H,8-17H2,1-7H3/t20-,21-,22-,23-,24-,25-,28-,29+,30-/m0/s1. The first-order valence-electron chi connectivity index (χ1n) is 13.8. The van der Waals surface area contributed by atoms with Gasteiger partial charge < -0.3 is 10.2 Å². The number of hydrogen-bond acceptors (Lipinski definition) is 2. The maximum Gasteiger partial charge on any atom is 0.0594 e. The Labute approximate surface area is 197 Å². The summed E-state index contributed by atoms with van der Waals surface area (Å²) in [7, 11) is 0. The monoisotopic (exact) mass is 442 g/mol. The van der Waals surface area contributed by atoms with Crippen molar-refractivity contribution in [2.75, 3.05) is 0 Å². The first-order valence-corrected chi connectivity index (χ1v) is 13.8.